The first-order valence-electron chi connectivity index (χ1n) is 5.46. The second-order valence-electron chi connectivity index (χ2n) is 3.77. The van der Waals surface area contributed by atoms with Crippen molar-refractivity contribution in [1.29, 1.82) is 0 Å². The smallest absolute Gasteiger partial charge is 0.388 e. The fourth-order valence-electron chi connectivity index (χ4n) is 1.46. The number of hydrogen-bond donors (Lipinski definition) is 1. The van der Waals surface area contributed by atoms with E-state index in [-0.39, 0.29) is 16.7 Å². The molecule has 0 aliphatic carbocycles. The number of alkyl halides is 3. The van der Waals surface area contributed by atoms with Crippen molar-refractivity contribution >= 4 is 11.8 Å². The van der Waals surface area contributed by atoms with Gasteiger partial charge in [0.25, 0.3) is 0 Å². The highest BCUT2D eigenvalue weighted by molar-refractivity contribution is 8.00. The van der Waals surface area contributed by atoms with Crippen LogP contribution in [0.25, 0.3) is 0 Å². The predicted octanol–water partition coefficient (Wildman–Crippen LogP) is 4.52. The molecule has 0 amide bonds. The van der Waals surface area contributed by atoms with Gasteiger partial charge in [-0.15, -0.1) is 0 Å². The van der Waals surface area contributed by atoms with E-state index in [1.807, 2.05) is 6.92 Å². The molecular formula is C12H15F3OS. The van der Waals surface area contributed by atoms with E-state index in [1.165, 1.54) is 12.1 Å². The maximum absolute atomic E-state index is 12.1. The minimum atomic E-state index is -4.26. The van der Waals surface area contributed by atoms with Crippen molar-refractivity contribution < 1.29 is 18.3 Å². The van der Waals surface area contributed by atoms with Crippen LogP contribution in [0.1, 0.15) is 37.9 Å². The van der Waals surface area contributed by atoms with E-state index in [1.54, 1.807) is 12.1 Å². The molecule has 1 rings (SSSR count). The third-order valence-corrected chi connectivity index (χ3v) is 3.07. The lowest BCUT2D eigenvalue weighted by Gasteiger charge is -2.11. The molecule has 0 fully saturated rings. The van der Waals surface area contributed by atoms with Gasteiger partial charge in [-0.1, -0.05) is 31.9 Å². The van der Waals surface area contributed by atoms with Gasteiger partial charge >= 0.3 is 5.51 Å². The van der Waals surface area contributed by atoms with Crippen LogP contribution in [0.15, 0.2) is 29.2 Å². The van der Waals surface area contributed by atoms with Gasteiger partial charge in [-0.25, -0.2) is 0 Å². The summed E-state index contributed by atoms with van der Waals surface area (Å²) in [4.78, 5) is 0.143. The lowest BCUT2D eigenvalue weighted by molar-refractivity contribution is -0.0328. The Morgan fingerprint density at radius 3 is 2.29 bits per heavy atom. The van der Waals surface area contributed by atoms with Crippen LogP contribution in [0.2, 0.25) is 0 Å². The van der Waals surface area contributed by atoms with E-state index in [9.17, 15) is 18.3 Å². The maximum atomic E-state index is 12.1. The van der Waals surface area contributed by atoms with Crippen LogP contribution in [0.3, 0.4) is 0 Å². The molecule has 0 heterocycles. The Morgan fingerprint density at radius 1 is 1.24 bits per heavy atom. The minimum Gasteiger partial charge on any atom is -0.388 e. The molecule has 1 aromatic carbocycles. The molecule has 0 aliphatic heterocycles. The number of halogens is 3. The van der Waals surface area contributed by atoms with Gasteiger partial charge in [-0.2, -0.15) is 13.2 Å². The van der Waals surface area contributed by atoms with Crippen molar-refractivity contribution in [3.05, 3.63) is 29.8 Å². The molecule has 0 bridgehead atoms. The van der Waals surface area contributed by atoms with E-state index < -0.39 is 11.6 Å². The number of thioether (sulfide) groups is 1. The summed E-state index contributed by atoms with van der Waals surface area (Å²) in [7, 11) is 0. The third kappa shape index (κ3) is 5.46. The van der Waals surface area contributed by atoms with Crippen molar-refractivity contribution in [2.24, 2.45) is 0 Å². The lowest BCUT2D eigenvalue weighted by atomic mass is 10.0. The van der Waals surface area contributed by atoms with Crippen LogP contribution in [0.4, 0.5) is 13.2 Å². The van der Waals surface area contributed by atoms with Gasteiger partial charge in [0, 0.05) is 4.90 Å². The average Bonchev–Trinajstić information content (AvgIpc) is 2.24. The Kier molecular flexibility index (Phi) is 5.33. The lowest BCUT2D eigenvalue weighted by Crippen LogP contribution is -2.00. The second kappa shape index (κ2) is 6.31. The fourth-order valence-corrected chi connectivity index (χ4v) is 2.00. The van der Waals surface area contributed by atoms with Gasteiger partial charge in [0.1, 0.15) is 0 Å². The van der Waals surface area contributed by atoms with Gasteiger partial charge in [0.2, 0.25) is 0 Å². The SMILES string of the molecule is CCCCC(O)c1ccc(SC(F)(F)F)cc1. The summed E-state index contributed by atoms with van der Waals surface area (Å²) in [6.07, 6.45) is 1.95. The monoisotopic (exact) mass is 264 g/mol. The zero-order chi connectivity index (χ0) is 12.9. The molecule has 0 aliphatic rings. The molecule has 1 unspecified atom stereocenters. The van der Waals surface area contributed by atoms with Crippen molar-refractivity contribution in [3.63, 3.8) is 0 Å². The molecule has 96 valence electrons. The largest absolute Gasteiger partial charge is 0.446 e. The Balaban J connectivity index is 2.61. The van der Waals surface area contributed by atoms with Crippen molar-refractivity contribution in [1.82, 2.24) is 0 Å². The maximum Gasteiger partial charge on any atom is 0.446 e. The number of hydrogen-bond acceptors (Lipinski definition) is 2. The highest BCUT2D eigenvalue weighted by atomic mass is 32.2. The molecule has 17 heavy (non-hydrogen) atoms. The molecule has 0 saturated carbocycles. The van der Waals surface area contributed by atoms with Gasteiger partial charge < -0.3 is 5.11 Å². The second-order valence-corrected chi connectivity index (χ2v) is 4.91. The van der Waals surface area contributed by atoms with E-state index in [0.29, 0.717) is 12.0 Å². The molecule has 5 heteroatoms. The molecule has 0 spiro atoms. The van der Waals surface area contributed by atoms with Crippen LogP contribution in [-0.4, -0.2) is 10.6 Å². The first-order chi connectivity index (χ1) is 7.92. The summed E-state index contributed by atoms with van der Waals surface area (Å²) in [6.45, 7) is 2.02. The number of aliphatic hydroxyl groups excluding tert-OH is 1. The van der Waals surface area contributed by atoms with Crippen molar-refractivity contribution in [3.8, 4) is 0 Å². The first-order valence-corrected chi connectivity index (χ1v) is 6.28. The van der Waals surface area contributed by atoms with Crippen LogP contribution in [0.5, 0.6) is 0 Å². The Labute approximate surface area is 103 Å². The number of benzene rings is 1. The van der Waals surface area contributed by atoms with Gasteiger partial charge in [0.05, 0.1) is 6.10 Å². The fraction of sp³-hybridized carbons (Fsp3) is 0.500. The highest BCUT2D eigenvalue weighted by Gasteiger charge is 2.29. The van der Waals surface area contributed by atoms with E-state index in [4.69, 9.17) is 0 Å². The van der Waals surface area contributed by atoms with Crippen molar-refractivity contribution in [2.75, 3.05) is 0 Å². The summed E-state index contributed by atoms with van der Waals surface area (Å²) in [6, 6.07) is 5.88. The molecule has 1 aromatic rings. The standard InChI is InChI=1S/C12H15F3OS/c1-2-3-4-11(16)9-5-7-10(8-6-9)17-12(13,14)15/h5-8,11,16H,2-4H2,1H3. The molecule has 1 N–H and O–H groups in total. The van der Waals surface area contributed by atoms with E-state index >= 15 is 0 Å². The molecule has 1 nitrogen and oxygen atoms in total. The first kappa shape index (κ1) is 14.4. The summed E-state index contributed by atoms with van der Waals surface area (Å²) in [5.74, 6) is 0. The zero-order valence-electron chi connectivity index (χ0n) is 9.50. The molecule has 0 aromatic heterocycles. The van der Waals surface area contributed by atoms with Gasteiger partial charge in [0.15, 0.2) is 0 Å². The Hall–Kier alpha value is -0.680. The topological polar surface area (TPSA) is 20.2 Å². The van der Waals surface area contributed by atoms with E-state index in [2.05, 4.69) is 0 Å². The number of rotatable bonds is 5. The van der Waals surface area contributed by atoms with Crippen LogP contribution < -0.4 is 0 Å². The molecular weight excluding hydrogens is 249 g/mol. The van der Waals surface area contributed by atoms with Crippen LogP contribution >= 0.6 is 11.8 Å². The van der Waals surface area contributed by atoms with Crippen molar-refractivity contribution in [2.45, 2.75) is 42.7 Å². The normalized spacial score (nSPS) is 13.7. The minimum absolute atomic E-state index is 0.143. The quantitative estimate of drug-likeness (QED) is 0.789. The Bertz CT molecular complexity index is 335. The third-order valence-electron chi connectivity index (χ3n) is 2.33. The average molecular weight is 264 g/mol. The summed E-state index contributed by atoms with van der Waals surface area (Å²) in [5, 5.41) is 9.75. The van der Waals surface area contributed by atoms with E-state index in [0.717, 1.165) is 12.8 Å². The zero-order valence-corrected chi connectivity index (χ0v) is 10.3. The van der Waals surface area contributed by atoms with Crippen LogP contribution in [0, 0.1) is 0 Å². The van der Waals surface area contributed by atoms with Gasteiger partial charge in [-0.05, 0) is 35.9 Å². The molecule has 0 saturated heterocycles. The molecule has 1 atom stereocenters. The summed E-state index contributed by atoms with van der Waals surface area (Å²) < 4.78 is 36.2. The number of aliphatic hydroxyl groups is 1. The number of unbranched alkanes of at least 4 members (excludes halogenated alkanes) is 1. The summed E-state index contributed by atoms with van der Waals surface area (Å²) >= 11 is -0.143. The Morgan fingerprint density at radius 2 is 1.82 bits per heavy atom. The van der Waals surface area contributed by atoms with Gasteiger partial charge in [-0.3, -0.25) is 0 Å². The van der Waals surface area contributed by atoms with Crippen LogP contribution in [-0.2, 0) is 0 Å². The molecule has 0 radical (unpaired) electrons. The highest BCUT2D eigenvalue weighted by Crippen LogP contribution is 2.37. The summed E-state index contributed by atoms with van der Waals surface area (Å²) in [5.41, 5.74) is -3.59. The predicted molar refractivity (Wildman–Crippen MR) is 62.8 cm³/mol.